The first-order valence-electron chi connectivity index (χ1n) is 6.05. The van der Waals surface area contributed by atoms with Crippen molar-refractivity contribution in [2.75, 3.05) is 6.61 Å². The second-order valence-electron chi connectivity index (χ2n) is 3.96. The molecule has 1 aromatic heterocycles. The topological polar surface area (TPSA) is 33.3 Å². The Morgan fingerprint density at radius 2 is 2.06 bits per heavy atom. The summed E-state index contributed by atoms with van der Waals surface area (Å²) in [4.78, 5) is 0. The third-order valence-corrected chi connectivity index (χ3v) is 2.74. The Morgan fingerprint density at radius 1 is 1.31 bits per heavy atom. The summed E-state index contributed by atoms with van der Waals surface area (Å²) >= 11 is 0. The van der Waals surface area contributed by atoms with Crippen molar-refractivity contribution in [3.8, 4) is 11.5 Å². The molecule has 0 radical (unpaired) electrons. The van der Waals surface area contributed by atoms with E-state index in [0.717, 1.165) is 18.7 Å². The molecule has 0 spiro atoms. The predicted octanol–water partition coefficient (Wildman–Crippen LogP) is 2.58. The molecule has 0 aromatic carbocycles. The Balaban J connectivity index is 2.70. The predicted molar refractivity (Wildman–Crippen MR) is 63.7 cm³/mol. The van der Waals surface area contributed by atoms with Gasteiger partial charge in [-0.25, -0.2) is 0 Å². The summed E-state index contributed by atoms with van der Waals surface area (Å²) < 4.78 is 7.71. The van der Waals surface area contributed by atoms with Gasteiger partial charge in [0.1, 0.15) is 6.54 Å². The monoisotopic (exact) mass is 224 g/mol. The van der Waals surface area contributed by atoms with E-state index >= 15 is 0 Å². The molecule has 16 heavy (non-hydrogen) atoms. The van der Waals surface area contributed by atoms with E-state index in [1.54, 1.807) is 6.07 Å². The highest BCUT2D eigenvalue weighted by molar-refractivity contribution is 5.38. The van der Waals surface area contributed by atoms with Crippen LogP contribution < -0.4 is 9.30 Å². The first kappa shape index (κ1) is 12.8. The summed E-state index contributed by atoms with van der Waals surface area (Å²) in [7, 11) is 0. The van der Waals surface area contributed by atoms with E-state index in [1.165, 1.54) is 12.8 Å². The van der Waals surface area contributed by atoms with Crippen LogP contribution in [0.5, 0.6) is 11.5 Å². The number of unbranched alkanes of at least 4 members (excludes halogenated alkanes) is 2. The van der Waals surface area contributed by atoms with Crippen LogP contribution in [0.2, 0.25) is 0 Å². The fraction of sp³-hybridized carbons (Fsp3) is 0.615. The van der Waals surface area contributed by atoms with Crippen LogP contribution in [0.15, 0.2) is 12.3 Å². The van der Waals surface area contributed by atoms with Gasteiger partial charge >= 0.3 is 0 Å². The zero-order valence-electron chi connectivity index (χ0n) is 10.5. The molecule has 0 aliphatic heterocycles. The third-order valence-electron chi connectivity index (χ3n) is 2.74. The summed E-state index contributed by atoms with van der Waals surface area (Å²) in [5.41, 5.74) is 0.985. The fourth-order valence-corrected chi connectivity index (χ4v) is 1.71. The smallest absolute Gasteiger partial charge is 0.228 e. The van der Waals surface area contributed by atoms with Crippen molar-refractivity contribution in [3.05, 3.63) is 18.0 Å². The van der Waals surface area contributed by atoms with Crippen molar-refractivity contribution in [3.63, 3.8) is 0 Å². The number of hydrogen-bond acceptors (Lipinski definition) is 2. The minimum absolute atomic E-state index is 0.235. The maximum atomic E-state index is 9.73. The molecule has 1 aromatic rings. The maximum absolute atomic E-state index is 9.73. The number of aromatic nitrogens is 1. The van der Waals surface area contributed by atoms with Gasteiger partial charge in [-0.2, -0.15) is 4.57 Å². The standard InChI is InChI=1S/C13H21NO2/c1-4-6-7-10-16-13-11(3)14(5-2)9-8-12(13)15/h8-9H,4-7,10H2,1-3H3/p+1. The highest BCUT2D eigenvalue weighted by Gasteiger charge is 2.15. The lowest BCUT2D eigenvalue weighted by Crippen LogP contribution is -2.35. The van der Waals surface area contributed by atoms with E-state index in [-0.39, 0.29) is 5.75 Å². The minimum Gasteiger partial charge on any atom is -0.504 e. The minimum atomic E-state index is 0.235. The molecular formula is C13H22NO2+. The lowest BCUT2D eigenvalue weighted by atomic mass is 10.2. The van der Waals surface area contributed by atoms with Gasteiger partial charge in [0.25, 0.3) is 0 Å². The molecule has 0 saturated heterocycles. The summed E-state index contributed by atoms with van der Waals surface area (Å²) in [5.74, 6) is 0.860. The van der Waals surface area contributed by atoms with Gasteiger partial charge in [0.05, 0.1) is 6.61 Å². The van der Waals surface area contributed by atoms with E-state index < -0.39 is 0 Å². The average Bonchev–Trinajstić information content (AvgIpc) is 2.28. The number of hydrogen-bond donors (Lipinski definition) is 1. The normalized spacial score (nSPS) is 10.4. The Bertz CT molecular complexity index is 337. The van der Waals surface area contributed by atoms with Gasteiger partial charge in [0.2, 0.25) is 11.4 Å². The number of aryl methyl sites for hydroxylation is 1. The molecule has 0 fully saturated rings. The second kappa shape index (κ2) is 6.36. The molecule has 3 heteroatoms. The number of rotatable bonds is 6. The lowest BCUT2D eigenvalue weighted by molar-refractivity contribution is -0.699. The Kier molecular flexibility index (Phi) is 5.09. The second-order valence-corrected chi connectivity index (χ2v) is 3.96. The molecule has 0 atom stereocenters. The number of nitrogens with zero attached hydrogens (tertiary/aromatic N) is 1. The summed E-state index contributed by atoms with van der Waals surface area (Å²) in [6.45, 7) is 7.77. The molecule has 0 unspecified atom stereocenters. The van der Waals surface area contributed by atoms with Gasteiger partial charge in [0.15, 0.2) is 11.9 Å². The number of aromatic hydroxyl groups is 1. The summed E-state index contributed by atoms with van der Waals surface area (Å²) in [6.07, 6.45) is 5.26. The molecule has 0 amide bonds. The molecule has 3 nitrogen and oxygen atoms in total. The van der Waals surface area contributed by atoms with Crippen LogP contribution in [0.4, 0.5) is 0 Å². The van der Waals surface area contributed by atoms with Crippen molar-refractivity contribution >= 4 is 0 Å². The zero-order chi connectivity index (χ0) is 12.0. The summed E-state index contributed by atoms with van der Waals surface area (Å²) in [5, 5.41) is 9.73. The van der Waals surface area contributed by atoms with Gasteiger partial charge in [-0.3, -0.25) is 0 Å². The molecule has 1 N–H and O–H groups in total. The number of ether oxygens (including phenoxy) is 1. The van der Waals surface area contributed by atoms with Crippen molar-refractivity contribution in [1.82, 2.24) is 0 Å². The SMILES string of the molecule is CCCCCOc1c(O)cc[n+](CC)c1C. The van der Waals surface area contributed by atoms with Gasteiger partial charge < -0.3 is 9.84 Å². The van der Waals surface area contributed by atoms with Crippen molar-refractivity contribution in [1.29, 1.82) is 0 Å². The largest absolute Gasteiger partial charge is 0.504 e. The van der Waals surface area contributed by atoms with E-state index in [4.69, 9.17) is 4.74 Å². The average molecular weight is 224 g/mol. The fourth-order valence-electron chi connectivity index (χ4n) is 1.71. The first-order chi connectivity index (χ1) is 7.70. The van der Waals surface area contributed by atoms with E-state index in [2.05, 4.69) is 18.4 Å². The van der Waals surface area contributed by atoms with Gasteiger partial charge in [-0.15, -0.1) is 0 Å². The third kappa shape index (κ3) is 3.12. The van der Waals surface area contributed by atoms with E-state index in [0.29, 0.717) is 12.4 Å². The molecule has 0 bridgehead atoms. The van der Waals surface area contributed by atoms with Crippen LogP contribution in [0.1, 0.15) is 38.8 Å². The van der Waals surface area contributed by atoms with Crippen LogP contribution in [0.3, 0.4) is 0 Å². The lowest BCUT2D eigenvalue weighted by Gasteiger charge is -2.09. The highest BCUT2D eigenvalue weighted by atomic mass is 16.5. The van der Waals surface area contributed by atoms with Gasteiger partial charge in [0, 0.05) is 13.0 Å². The van der Waals surface area contributed by atoms with Crippen molar-refractivity contribution < 1.29 is 14.4 Å². The van der Waals surface area contributed by atoms with Crippen molar-refractivity contribution in [2.24, 2.45) is 0 Å². The van der Waals surface area contributed by atoms with E-state index in [9.17, 15) is 5.11 Å². The quantitative estimate of drug-likeness (QED) is 0.595. The molecule has 0 aliphatic carbocycles. The van der Waals surface area contributed by atoms with Gasteiger partial charge in [-0.1, -0.05) is 19.8 Å². The molecule has 1 heterocycles. The zero-order valence-corrected chi connectivity index (χ0v) is 10.5. The van der Waals surface area contributed by atoms with Crippen LogP contribution in [0.25, 0.3) is 0 Å². The van der Waals surface area contributed by atoms with Crippen LogP contribution in [0, 0.1) is 6.92 Å². The Hall–Kier alpha value is -1.25. The highest BCUT2D eigenvalue weighted by Crippen LogP contribution is 2.26. The van der Waals surface area contributed by atoms with Crippen molar-refractivity contribution in [2.45, 2.75) is 46.6 Å². The molecule has 90 valence electrons. The molecular weight excluding hydrogens is 202 g/mol. The first-order valence-corrected chi connectivity index (χ1v) is 6.05. The molecule has 1 rings (SSSR count). The van der Waals surface area contributed by atoms with E-state index in [1.807, 2.05) is 13.1 Å². The van der Waals surface area contributed by atoms with Crippen LogP contribution in [-0.2, 0) is 6.54 Å². The Labute approximate surface area is 97.7 Å². The molecule has 0 aliphatic rings. The maximum Gasteiger partial charge on any atom is 0.228 e. The molecule has 0 saturated carbocycles. The summed E-state index contributed by atoms with van der Waals surface area (Å²) in [6, 6.07) is 1.69. The Morgan fingerprint density at radius 3 is 2.69 bits per heavy atom. The number of pyridine rings is 1. The van der Waals surface area contributed by atoms with Gasteiger partial charge in [-0.05, 0) is 13.3 Å². The van der Waals surface area contributed by atoms with Crippen LogP contribution in [-0.4, -0.2) is 11.7 Å². The van der Waals surface area contributed by atoms with Crippen LogP contribution >= 0.6 is 0 Å².